The third-order valence-corrected chi connectivity index (χ3v) is 5.05. The van der Waals surface area contributed by atoms with Gasteiger partial charge in [0, 0.05) is 0 Å². The fraction of sp³-hybridized carbons (Fsp3) is 0.577. The van der Waals surface area contributed by atoms with Gasteiger partial charge in [0.2, 0.25) is 0 Å². The summed E-state index contributed by atoms with van der Waals surface area (Å²) < 4.78 is 0. The van der Waals surface area contributed by atoms with Crippen LogP contribution in [0.4, 0.5) is 0 Å². The second-order valence-corrected chi connectivity index (χ2v) is 7.55. The number of rotatable bonds is 14. The first-order chi connectivity index (χ1) is 13.3. The Balaban J connectivity index is 0.00000105. The standard InChI is InChI=1S/C21H36O.C5H5.Fe/c1-2-3-4-5-6-7-8-9-10-11-12-13-14-19-21(22)20-17-15-16-18-20;1-2-4-5-3-1;/h15-18,22H,2-14,19H2,1H3;1-5H;/q;-1;+2/p-1. The van der Waals surface area contributed by atoms with E-state index in [1.54, 1.807) is 0 Å². The van der Waals surface area contributed by atoms with E-state index in [0.29, 0.717) is 5.76 Å². The number of unbranched alkanes of at least 4 members (excludes halogenated alkanes) is 12. The minimum atomic E-state index is 0. The van der Waals surface area contributed by atoms with Crippen molar-refractivity contribution in [1.82, 2.24) is 0 Å². The predicted octanol–water partition coefficient (Wildman–Crippen LogP) is 7.61. The average molecular weight is 424 g/mol. The quantitative estimate of drug-likeness (QED) is 0.130. The SMILES string of the molecule is CCCCCCCCCCCCCCCC([O-])=C1C=CC=C1.[Fe+2].c1cc[cH-]c1. The van der Waals surface area contributed by atoms with E-state index < -0.39 is 0 Å². The van der Waals surface area contributed by atoms with E-state index in [-0.39, 0.29) is 17.1 Å². The molecule has 0 spiro atoms. The summed E-state index contributed by atoms with van der Waals surface area (Å²) in [5, 5.41) is 11.8. The summed E-state index contributed by atoms with van der Waals surface area (Å²) in [5.41, 5.74) is 0.888. The largest absolute Gasteiger partial charge is 2.00 e. The maximum atomic E-state index is 11.8. The smallest absolute Gasteiger partial charge is 0.875 e. The maximum Gasteiger partial charge on any atom is 2.00 e. The predicted molar refractivity (Wildman–Crippen MR) is 118 cm³/mol. The van der Waals surface area contributed by atoms with Crippen LogP contribution in [0.1, 0.15) is 96.8 Å². The molecule has 1 aromatic rings. The van der Waals surface area contributed by atoms with Crippen LogP contribution >= 0.6 is 0 Å². The Hall–Kier alpha value is -1.11. The van der Waals surface area contributed by atoms with Crippen LogP contribution in [-0.2, 0) is 17.1 Å². The molecule has 0 bridgehead atoms. The molecule has 158 valence electrons. The zero-order chi connectivity index (χ0) is 19.4. The molecule has 1 aliphatic carbocycles. The molecule has 0 aromatic heterocycles. The summed E-state index contributed by atoms with van der Waals surface area (Å²) in [5.74, 6) is 0.313. The van der Waals surface area contributed by atoms with Gasteiger partial charge >= 0.3 is 17.1 Å². The van der Waals surface area contributed by atoms with Crippen LogP contribution in [0.5, 0.6) is 0 Å². The summed E-state index contributed by atoms with van der Waals surface area (Å²) >= 11 is 0. The van der Waals surface area contributed by atoms with Crippen LogP contribution in [0.15, 0.2) is 66.0 Å². The molecular weight excluding hydrogens is 384 g/mol. The Morgan fingerprint density at radius 3 is 1.54 bits per heavy atom. The fourth-order valence-corrected chi connectivity index (χ4v) is 3.33. The van der Waals surface area contributed by atoms with Gasteiger partial charge in [-0.05, 0) is 12.0 Å². The average Bonchev–Trinajstić information content (AvgIpc) is 3.42. The third-order valence-electron chi connectivity index (χ3n) is 5.05. The Morgan fingerprint density at radius 1 is 0.714 bits per heavy atom. The molecule has 0 radical (unpaired) electrons. The van der Waals surface area contributed by atoms with Crippen molar-refractivity contribution in [3.8, 4) is 0 Å². The van der Waals surface area contributed by atoms with Gasteiger partial charge in [0.25, 0.3) is 0 Å². The Morgan fingerprint density at radius 2 is 1.14 bits per heavy atom. The molecular formula is C26H40FeO. The van der Waals surface area contributed by atoms with Gasteiger partial charge in [0.1, 0.15) is 0 Å². The second-order valence-electron chi connectivity index (χ2n) is 7.55. The van der Waals surface area contributed by atoms with Crippen molar-refractivity contribution in [1.29, 1.82) is 0 Å². The van der Waals surface area contributed by atoms with Crippen molar-refractivity contribution in [2.45, 2.75) is 96.8 Å². The molecule has 1 aliphatic rings. The zero-order valence-corrected chi connectivity index (χ0v) is 19.0. The first kappa shape index (κ1) is 26.9. The van der Waals surface area contributed by atoms with Gasteiger partial charge in [-0.15, -0.1) is 5.76 Å². The minimum Gasteiger partial charge on any atom is -0.875 e. The van der Waals surface area contributed by atoms with Gasteiger partial charge in [0.15, 0.2) is 0 Å². The number of allylic oxidation sites excluding steroid dienone is 6. The van der Waals surface area contributed by atoms with E-state index in [0.717, 1.165) is 18.4 Å². The van der Waals surface area contributed by atoms with Gasteiger partial charge in [-0.25, -0.2) is 12.1 Å². The van der Waals surface area contributed by atoms with E-state index in [9.17, 15) is 5.11 Å². The third kappa shape index (κ3) is 15.9. The van der Waals surface area contributed by atoms with E-state index in [1.807, 2.05) is 54.6 Å². The monoisotopic (exact) mass is 424 g/mol. The molecule has 28 heavy (non-hydrogen) atoms. The Bertz CT molecular complexity index is 479. The Labute approximate surface area is 184 Å². The van der Waals surface area contributed by atoms with Crippen LogP contribution in [0.2, 0.25) is 0 Å². The molecule has 0 N–H and O–H groups in total. The molecule has 0 atom stereocenters. The molecule has 0 saturated carbocycles. The molecule has 0 aliphatic heterocycles. The zero-order valence-electron chi connectivity index (χ0n) is 17.9. The molecule has 0 fully saturated rings. The van der Waals surface area contributed by atoms with Crippen LogP contribution in [0.3, 0.4) is 0 Å². The molecule has 1 aromatic carbocycles. The normalized spacial score (nSPS) is 11.8. The van der Waals surface area contributed by atoms with E-state index >= 15 is 0 Å². The molecule has 0 saturated heterocycles. The first-order valence-corrected chi connectivity index (χ1v) is 11.3. The van der Waals surface area contributed by atoms with Crippen molar-refractivity contribution in [2.24, 2.45) is 0 Å². The summed E-state index contributed by atoms with van der Waals surface area (Å²) in [4.78, 5) is 0. The number of hydrogen-bond acceptors (Lipinski definition) is 1. The topological polar surface area (TPSA) is 23.1 Å². The Kier molecular flexibility index (Phi) is 19.8. The van der Waals surface area contributed by atoms with E-state index in [2.05, 4.69) is 6.92 Å². The van der Waals surface area contributed by atoms with Crippen molar-refractivity contribution in [3.05, 3.63) is 66.0 Å². The summed E-state index contributed by atoms with van der Waals surface area (Å²) in [6.45, 7) is 2.28. The van der Waals surface area contributed by atoms with Crippen LogP contribution in [0, 0.1) is 0 Å². The molecule has 1 nitrogen and oxygen atoms in total. The van der Waals surface area contributed by atoms with Gasteiger partial charge in [0.05, 0.1) is 0 Å². The van der Waals surface area contributed by atoms with Gasteiger partial charge in [-0.3, -0.25) is 0 Å². The van der Waals surface area contributed by atoms with Crippen molar-refractivity contribution in [3.63, 3.8) is 0 Å². The maximum absolute atomic E-state index is 11.8. The van der Waals surface area contributed by atoms with Crippen LogP contribution < -0.4 is 5.11 Å². The fourth-order valence-electron chi connectivity index (χ4n) is 3.33. The first-order valence-electron chi connectivity index (χ1n) is 11.3. The van der Waals surface area contributed by atoms with Gasteiger partial charge < -0.3 is 5.11 Å². The second kappa shape index (κ2) is 20.6. The van der Waals surface area contributed by atoms with Gasteiger partial charge in [-0.2, -0.15) is 18.2 Å². The summed E-state index contributed by atoms with van der Waals surface area (Å²) in [7, 11) is 0. The molecule has 2 heteroatoms. The van der Waals surface area contributed by atoms with Crippen LogP contribution in [-0.4, -0.2) is 0 Å². The minimum absolute atomic E-state index is 0. The van der Waals surface area contributed by atoms with Crippen molar-refractivity contribution < 1.29 is 22.2 Å². The van der Waals surface area contributed by atoms with Crippen molar-refractivity contribution in [2.75, 3.05) is 0 Å². The summed E-state index contributed by atoms with van der Waals surface area (Å²) in [6.07, 6.45) is 26.0. The van der Waals surface area contributed by atoms with E-state index in [1.165, 1.54) is 77.0 Å². The molecule has 0 amide bonds. The molecule has 2 rings (SSSR count). The van der Waals surface area contributed by atoms with Gasteiger partial charge in [-0.1, -0.05) is 115 Å². The molecule has 0 unspecified atom stereocenters. The summed E-state index contributed by atoms with van der Waals surface area (Å²) in [6, 6.07) is 10.0. The molecule has 0 heterocycles. The van der Waals surface area contributed by atoms with Crippen LogP contribution in [0.25, 0.3) is 0 Å². The van der Waals surface area contributed by atoms with Crippen molar-refractivity contribution >= 4 is 0 Å². The number of hydrogen-bond donors (Lipinski definition) is 0. The van der Waals surface area contributed by atoms with E-state index in [4.69, 9.17) is 0 Å².